The number of nitrogen functional groups attached to an aromatic ring is 1. The molecule has 3 aromatic rings. The second-order valence-corrected chi connectivity index (χ2v) is 13.0. The molecular formula is C27H36F2N7O7P. The van der Waals surface area contributed by atoms with Crippen LogP contribution in [-0.4, -0.2) is 73.0 Å². The largest absolute Gasteiger partial charge is 0.462 e. The molecule has 1 aliphatic carbocycles. The summed E-state index contributed by atoms with van der Waals surface area (Å²) in [6, 6.07) is 6.73. The van der Waals surface area contributed by atoms with Gasteiger partial charge < -0.3 is 30.2 Å². The van der Waals surface area contributed by atoms with Crippen molar-refractivity contribution >= 4 is 36.6 Å². The van der Waals surface area contributed by atoms with E-state index in [0.717, 1.165) is 30.8 Å². The number of hydrogen-bond donors (Lipinski definition) is 4. The molecule has 5 rings (SSSR count). The number of hydrogen-bond acceptors (Lipinski definition) is 12. The Kier molecular flexibility index (Phi) is 8.84. The summed E-state index contributed by atoms with van der Waals surface area (Å²) in [4.78, 5) is 25.1. The summed E-state index contributed by atoms with van der Waals surface area (Å²) in [6.45, 7) is 4.29. The van der Waals surface area contributed by atoms with Crippen molar-refractivity contribution in [2.45, 2.75) is 89.0 Å². The van der Waals surface area contributed by atoms with Crippen LogP contribution in [0.25, 0.3) is 11.2 Å². The minimum Gasteiger partial charge on any atom is -0.462 e. The van der Waals surface area contributed by atoms with Gasteiger partial charge in [0.05, 0.1) is 12.4 Å². The molecule has 6 atom stereocenters. The number of fused-ring (bicyclic) bond motifs is 1. The smallest absolute Gasteiger partial charge is 0.459 e. The number of rotatable bonds is 12. The molecule has 2 aliphatic rings. The number of aromatic nitrogens is 4. The van der Waals surface area contributed by atoms with Gasteiger partial charge in [0, 0.05) is 6.04 Å². The number of alkyl halides is 2. The molecule has 44 heavy (non-hydrogen) atoms. The van der Waals surface area contributed by atoms with Crippen molar-refractivity contribution in [2.24, 2.45) is 0 Å². The number of nitrogens with zero attached hydrogens (tertiary/aromatic N) is 4. The number of nitrogens with two attached hydrogens (primary N) is 1. The van der Waals surface area contributed by atoms with Gasteiger partial charge >= 0.3 is 13.7 Å². The zero-order chi connectivity index (χ0) is 31.9. The molecule has 1 aromatic carbocycles. The van der Waals surface area contributed by atoms with Crippen molar-refractivity contribution in [1.82, 2.24) is 24.6 Å². The number of para-hydroxylation sites is 1. The van der Waals surface area contributed by atoms with Gasteiger partial charge in [-0.2, -0.15) is 15.1 Å². The Morgan fingerprint density at radius 3 is 2.59 bits per heavy atom. The summed E-state index contributed by atoms with van der Waals surface area (Å²) in [6.07, 6.45) is -0.601. The number of ether oxygens (including phenoxy) is 2. The van der Waals surface area contributed by atoms with Gasteiger partial charge in [-0.3, -0.25) is 13.9 Å². The van der Waals surface area contributed by atoms with Crippen molar-refractivity contribution in [3.05, 3.63) is 36.7 Å². The lowest BCUT2D eigenvalue weighted by Crippen LogP contribution is -2.47. The summed E-state index contributed by atoms with van der Waals surface area (Å²) in [7, 11) is -4.57. The Labute approximate surface area is 252 Å². The van der Waals surface area contributed by atoms with Gasteiger partial charge in [0.15, 0.2) is 35.0 Å². The molecule has 5 N–H and O–H groups in total. The molecule has 3 heterocycles. The SMILES string of the molecule is CC(C)OC(=O)[C@H](C)N[P@@](=O)(OC[C@@]1(F)O[C@@H](n2cnc3c(NC4CCC4)nc(N)nc32)[C@](C)(F)[C@@H]1O)Oc1ccccc1. The summed E-state index contributed by atoms with van der Waals surface area (Å²) in [5.74, 6) is -3.75. The minimum absolute atomic E-state index is 0.0443. The lowest BCUT2D eigenvalue weighted by atomic mass is 9.93. The van der Waals surface area contributed by atoms with Gasteiger partial charge in [-0.25, -0.2) is 18.3 Å². The topological polar surface area (TPSA) is 185 Å². The maximum Gasteiger partial charge on any atom is 0.459 e. The molecule has 0 amide bonds. The van der Waals surface area contributed by atoms with Crippen LogP contribution in [0.1, 0.15) is 53.2 Å². The molecule has 1 saturated carbocycles. The van der Waals surface area contributed by atoms with Crippen LogP contribution in [0.3, 0.4) is 0 Å². The average Bonchev–Trinajstić information content (AvgIpc) is 3.42. The van der Waals surface area contributed by atoms with E-state index in [1.165, 1.54) is 25.4 Å². The molecule has 14 nitrogen and oxygen atoms in total. The maximum atomic E-state index is 16.3. The fourth-order valence-electron chi connectivity index (χ4n) is 4.82. The van der Waals surface area contributed by atoms with Gasteiger partial charge in [0.25, 0.3) is 5.85 Å². The predicted octanol–water partition coefficient (Wildman–Crippen LogP) is 3.79. The number of imidazole rings is 1. The number of aliphatic hydroxyl groups excluding tert-OH is 1. The fourth-order valence-corrected chi connectivity index (χ4v) is 6.33. The van der Waals surface area contributed by atoms with Crippen molar-refractivity contribution < 1.29 is 41.8 Å². The molecule has 1 saturated heterocycles. The zero-order valence-corrected chi connectivity index (χ0v) is 25.5. The number of halogens is 2. The molecular weight excluding hydrogens is 603 g/mol. The lowest BCUT2D eigenvalue weighted by molar-refractivity contribution is -0.202. The third-order valence-electron chi connectivity index (χ3n) is 7.33. The van der Waals surface area contributed by atoms with Crippen LogP contribution in [0.15, 0.2) is 36.7 Å². The number of nitrogens with one attached hydrogen (secondary N) is 2. The highest BCUT2D eigenvalue weighted by Gasteiger charge is 2.65. The van der Waals surface area contributed by atoms with E-state index in [1.807, 2.05) is 0 Å². The summed E-state index contributed by atoms with van der Waals surface area (Å²) in [5, 5.41) is 16.5. The molecule has 0 unspecified atom stereocenters. The van der Waals surface area contributed by atoms with E-state index < -0.39 is 56.3 Å². The summed E-state index contributed by atoms with van der Waals surface area (Å²) < 4.78 is 68.9. The van der Waals surface area contributed by atoms with Crippen molar-refractivity contribution in [1.29, 1.82) is 0 Å². The van der Waals surface area contributed by atoms with Crippen LogP contribution in [0.2, 0.25) is 0 Å². The molecule has 2 fully saturated rings. The normalized spacial score (nSPS) is 27.5. The monoisotopic (exact) mass is 639 g/mol. The van der Waals surface area contributed by atoms with E-state index in [0.29, 0.717) is 5.82 Å². The molecule has 2 aromatic heterocycles. The first kappa shape index (κ1) is 32.0. The minimum atomic E-state index is -4.57. The molecule has 240 valence electrons. The Hall–Kier alpha value is -3.43. The van der Waals surface area contributed by atoms with Crippen LogP contribution in [0.4, 0.5) is 20.5 Å². The van der Waals surface area contributed by atoms with E-state index in [2.05, 4.69) is 25.4 Å². The van der Waals surface area contributed by atoms with Crippen LogP contribution >= 0.6 is 7.75 Å². The highest BCUT2D eigenvalue weighted by molar-refractivity contribution is 7.52. The zero-order valence-electron chi connectivity index (χ0n) is 24.6. The molecule has 0 spiro atoms. The fraction of sp³-hybridized carbons (Fsp3) is 0.556. The Morgan fingerprint density at radius 1 is 1.25 bits per heavy atom. The van der Waals surface area contributed by atoms with Crippen LogP contribution in [0.5, 0.6) is 5.75 Å². The quantitative estimate of drug-likeness (QED) is 0.166. The third-order valence-corrected chi connectivity index (χ3v) is 8.95. The van der Waals surface area contributed by atoms with Gasteiger partial charge in [-0.05, 0) is 59.1 Å². The van der Waals surface area contributed by atoms with Gasteiger partial charge in [0.2, 0.25) is 5.95 Å². The first-order valence-corrected chi connectivity index (χ1v) is 15.7. The van der Waals surface area contributed by atoms with E-state index in [4.69, 9.17) is 24.3 Å². The number of esters is 1. The molecule has 0 radical (unpaired) electrons. The van der Waals surface area contributed by atoms with Crippen LogP contribution < -0.4 is 20.7 Å². The van der Waals surface area contributed by atoms with Crippen LogP contribution in [-0.2, 0) is 23.4 Å². The number of carbonyl (C=O) groups is 1. The van der Waals surface area contributed by atoms with Gasteiger partial charge in [0.1, 0.15) is 18.4 Å². The number of aliphatic hydroxyl groups is 1. The van der Waals surface area contributed by atoms with Crippen molar-refractivity contribution in [3.63, 3.8) is 0 Å². The molecule has 17 heteroatoms. The third kappa shape index (κ3) is 6.49. The molecule has 1 aliphatic heterocycles. The highest BCUT2D eigenvalue weighted by Crippen LogP contribution is 2.52. The van der Waals surface area contributed by atoms with E-state index in [-0.39, 0.29) is 28.9 Å². The highest BCUT2D eigenvalue weighted by atomic mass is 31.2. The first-order chi connectivity index (χ1) is 20.7. The number of anilines is 2. The summed E-state index contributed by atoms with van der Waals surface area (Å²) in [5.41, 5.74) is 3.44. The number of benzene rings is 1. The standard InChI is InChI=1S/C27H36F2N7O7P/c1-15(2)41-22(37)16(3)35-44(39,43-18-11-6-5-7-12-18)40-13-27(29)23(38)26(4,28)24(42-27)36-14-31-19-20(32-17-9-8-10-17)33-25(30)34-21(19)36/h5-7,11-12,14-17,23-24,38H,8-10,13H2,1-4H3,(H,35,39)(H3,30,32,33,34)/t16-,23-,24+,26+,27+,44+/m0/s1. The number of carbonyl (C=O) groups excluding carboxylic acids is 1. The van der Waals surface area contributed by atoms with Crippen LogP contribution in [0, 0.1) is 0 Å². The van der Waals surface area contributed by atoms with E-state index in [9.17, 15) is 14.5 Å². The predicted molar refractivity (Wildman–Crippen MR) is 155 cm³/mol. The second kappa shape index (κ2) is 12.2. The lowest BCUT2D eigenvalue weighted by Gasteiger charge is -2.28. The first-order valence-electron chi connectivity index (χ1n) is 14.2. The van der Waals surface area contributed by atoms with E-state index in [1.54, 1.807) is 32.0 Å². The Morgan fingerprint density at radius 2 is 1.95 bits per heavy atom. The Balaban J connectivity index is 1.39. The Bertz CT molecular complexity index is 1540. The maximum absolute atomic E-state index is 16.3. The van der Waals surface area contributed by atoms with Gasteiger partial charge in [-0.1, -0.05) is 18.2 Å². The molecule has 0 bridgehead atoms. The van der Waals surface area contributed by atoms with Crippen molar-refractivity contribution in [2.75, 3.05) is 17.7 Å². The van der Waals surface area contributed by atoms with Crippen molar-refractivity contribution in [3.8, 4) is 5.75 Å². The summed E-state index contributed by atoms with van der Waals surface area (Å²) >= 11 is 0. The van der Waals surface area contributed by atoms with Gasteiger partial charge in [-0.15, -0.1) is 0 Å². The second-order valence-electron chi connectivity index (χ2n) is 11.3. The van der Waals surface area contributed by atoms with E-state index >= 15 is 8.78 Å². The average molecular weight is 640 g/mol.